The molecule has 0 unspecified atom stereocenters. The molecule has 1 aliphatic carbocycles. The predicted octanol–water partition coefficient (Wildman–Crippen LogP) is 3.76. The van der Waals surface area contributed by atoms with Crippen LogP contribution in [0.3, 0.4) is 0 Å². The molecule has 0 radical (unpaired) electrons. The van der Waals surface area contributed by atoms with E-state index in [0.29, 0.717) is 5.56 Å². The van der Waals surface area contributed by atoms with Gasteiger partial charge in [0.15, 0.2) is 0 Å². The first-order valence-electron chi connectivity index (χ1n) is 7.54. The average molecular weight is 291 g/mol. The number of aryl methyl sites for hydroxylation is 1. The zero-order valence-electron chi connectivity index (χ0n) is 12.4. The summed E-state index contributed by atoms with van der Waals surface area (Å²) in [4.78, 5) is 11.9. The van der Waals surface area contributed by atoms with Gasteiger partial charge in [0.25, 0.3) is 0 Å². The third kappa shape index (κ3) is 1.78. The Balaban J connectivity index is 1.91. The van der Waals surface area contributed by atoms with E-state index in [4.69, 9.17) is 0 Å². The SMILES string of the molecule is Cn1c(C2Cc3ccccc3C2)c(C(=O)O)c2ccccc21. The molecule has 3 heteroatoms. The van der Waals surface area contributed by atoms with Crippen molar-refractivity contribution in [3.63, 3.8) is 0 Å². The summed E-state index contributed by atoms with van der Waals surface area (Å²) in [6, 6.07) is 16.2. The quantitative estimate of drug-likeness (QED) is 0.781. The van der Waals surface area contributed by atoms with Crippen LogP contribution >= 0.6 is 0 Å². The fourth-order valence-corrected chi connectivity index (χ4v) is 3.87. The molecule has 110 valence electrons. The highest BCUT2D eigenvalue weighted by Crippen LogP contribution is 2.38. The van der Waals surface area contributed by atoms with E-state index in [1.54, 1.807) is 0 Å². The second-order valence-electron chi connectivity index (χ2n) is 6.02. The minimum atomic E-state index is -0.831. The Hall–Kier alpha value is -2.55. The Morgan fingerprint density at radius 1 is 1.05 bits per heavy atom. The second-order valence-corrected chi connectivity index (χ2v) is 6.02. The van der Waals surface area contributed by atoms with Gasteiger partial charge in [-0.1, -0.05) is 42.5 Å². The first kappa shape index (κ1) is 13.1. The highest BCUT2D eigenvalue weighted by molar-refractivity contribution is 6.05. The first-order valence-corrected chi connectivity index (χ1v) is 7.54. The summed E-state index contributed by atoms with van der Waals surface area (Å²) in [5, 5.41) is 10.6. The van der Waals surface area contributed by atoms with E-state index in [2.05, 4.69) is 28.8 Å². The largest absolute Gasteiger partial charge is 0.478 e. The molecule has 4 rings (SSSR count). The Kier molecular flexibility index (Phi) is 2.83. The smallest absolute Gasteiger partial charge is 0.338 e. The number of carbonyl (C=O) groups is 1. The first-order chi connectivity index (χ1) is 10.7. The summed E-state index contributed by atoms with van der Waals surface area (Å²) >= 11 is 0. The van der Waals surface area contributed by atoms with E-state index in [1.165, 1.54) is 11.1 Å². The van der Waals surface area contributed by atoms with Crippen LogP contribution in [0.5, 0.6) is 0 Å². The molecule has 0 spiro atoms. The summed E-state index contributed by atoms with van der Waals surface area (Å²) in [5.41, 5.74) is 5.09. The number of carboxylic acid groups (broad SMARTS) is 1. The van der Waals surface area contributed by atoms with Gasteiger partial charge in [0, 0.05) is 29.6 Å². The lowest BCUT2D eigenvalue weighted by Gasteiger charge is -2.13. The lowest BCUT2D eigenvalue weighted by atomic mass is 9.97. The van der Waals surface area contributed by atoms with Gasteiger partial charge in [0.1, 0.15) is 0 Å². The minimum Gasteiger partial charge on any atom is -0.478 e. The van der Waals surface area contributed by atoms with Crippen LogP contribution in [0.15, 0.2) is 48.5 Å². The number of aromatic carboxylic acids is 1. The molecule has 3 nitrogen and oxygen atoms in total. The van der Waals surface area contributed by atoms with Crippen molar-refractivity contribution in [1.82, 2.24) is 4.57 Å². The molecule has 0 saturated carbocycles. The third-order valence-corrected chi connectivity index (χ3v) is 4.80. The number of para-hydroxylation sites is 1. The number of nitrogens with zero attached hydrogens (tertiary/aromatic N) is 1. The fourth-order valence-electron chi connectivity index (χ4n) is 3.87. The summed E-state index contributed by atoms with van der Waals surface area (Å²) in [6.45, 7) is 0. The van der Waals surface area contributed by atoms with E-state index in [-0.39, 0.29) is 5.92 Å². The Morgan fingerprint density at radius 2 is 1.64 bits per heavy atom. The molecule has 0 saturated heterocycles. The topological polar surface area (TPSA) is 42.2 Å². The molecule has 1 N–H and O–H groups in total. The summed E-state index contributed by atoms with van der Waals surface area (Å²) in [5.74, 6) is -0.594. The van der Waals surface area contributed by atoms with Gasteiger partial charge in [-0.2, -0.15) is 0 Å². The van der Waals surface area contributed by atoms with Gasteiger partial charge in [-0.05, 0) is 30.0 Å². The zero-order valence-corrected chi connectivity index (χ0v) is 12.4. The van der Waals surface area contributed by atoms with Crippen LogP contribution < -0.4 is 0 Å². The van der Waals surface area contributed by atoms with Crippen LogP contribution in [0, 0.1) is 0 Å². The third-order valence-electron chi connectivity index (χ3n) is 4.80. The molecule has 22 heavy (non-hydrogen) atoms. The highest BCUT2D eigenvalue weighted by Gasteiger charge is 2.30. The van der Waals surface area contributed by atoms with Crippen molar-refractivity contribution in [3.05, 3.63) is 70.9 Å². The van der Waals surface area contributed by atoms with E-state index in [0.717, 1.165) is 29.4 Å². The van der Waals surface area contributed by atoms with Crippen LogP contribution in [0.4, 0.5) is 0 Å². The molecule has 0 amide bonds. The number of benzene rings is 2. The number of fused-ring (bicyclic) bond motifs is 2. The second kappa shape index (κ2) is 4.73. The Labute approximate surface area is 128 Å². The van der Waals surface area contributed by atoms with Crippen LogP contribution in [0.25, 0.3) is 10.9 Å². The molecule has 1 heterocycles. The highest BCUT2D eigenvalue weighted by atomic mass is 16.4. The van der Waals surface area contributed by atoms with Crippen molar-refractivity contribution in [2.24, 2.45) is 7.05 Å². The molecule has 2 aromatic carbocycles. The van der Waals surface area contributed by atoms with Gasteiger partial charge >= 0.3 is 5.97 Å². The maximum atomic E-state index is 11.9. The van der Waals surface area contributed by atoms with Crippen molar-refractivity contribution < 1.29 is 9.90 Å². The van der Waals surface area contributed by atoms with Crippen molar-refractivity contribution in [2.45, 2.75) is 18.8 Å². The maximum absolute atomic E-state index is 11.9. The molecular weight excluding hydrogens is 274 g/mol. The van der Waals surface area contributed by atoms with Gasteiger partial charge in [0.2, 0.25) is 0 Å². The van der Waals surface area contributed by atoms with E-state index < -0.39 is 5.97 Å². The number of hydrogen-bond donors (Lipinski definition) is 1. The van der Waals surface area contributed by atoms with Gasteiger partial charge in [-0.25, -0.2) is 4.79 Å². The lowest BCUT2D eigenvalue weighted by molar-refractivity contribution is 0.0697. The standard InChI is InChI=1S/C19H17NO2/c1-20-16-9-5-4-8-15(16)17(19(21)22)18(20)14-10-12-6-2-3-7-13(12)11-14/h2-9,14H,10-11H2,1H3,(H,21,22). The number of hydrogen-bond acceptors (Lipinski definition) is 1. The van der Waals surface area contributed by atoms with E-state index in [1.807, 2.05) is 31.3 Å². The minimum absolute atomic E-state index is 0.237. The van der Waals surface area contributed by atoms with Crippen LogP contribution in [0.2, 0.25) is 0 Å². The van der Waals surface area contributed by atoms with Crippen molar-refractivity contribution >= 4 is 16.9 Å². The molecule has 0 bridgehead atoms. The van der Waals surface area contributed by atoms with Gasteiger partial charge < -0.3 is 9.67 Å². The molecule has 0 atom stereocenters. The number of aromatic nitrogens is 1. The molecule has 1 aliphatic rings. The van der Waals surface area contributed by atoms with Gasteiger partial charge in [-0.15, -0.1) is 0 Å². The van der Waals surface area contributed by atoms with Crippen LogP contribution in [0.1, 0.15) is 33.1 Å². The number of carboxylic acids is 1. The number of rotatable bonds is 2. The monoisotopic (exact) mass is 291 g/mol. The summed E-state index contributed by atoms with van der Waals surface area (Å²) in [6.07, 6.45) is 1.83. The fraction of sp³-hybridized carbons (Fsp3) is 0.211. The van der Waals surface area contributed by atoms with E-state index in [9.17, 15) is 9.90 Å². The van der Waals surface area contributed by atoms with Crippen molar-refractivity contribution in [2.75, 3.05) is 0 Å². The van der Waals surface area contributed by atoms with E-state index >= 15 is 0 Å². The molecule has 0 fully saturated rings. The molecule has 0 aliphatic heterocycles. The molecule has 3 aromatic rings. The Bertz CT molecular complexity index is 867. The maximum Gasteiger partial charge on any atom is 0.338 e. The normalized spacial score (nSPS) is 14.4. The van der Waals surface area contributed by atoms with Crippen molar-refractivity contribution in [1.29, 1.82) is 0 Å². The Morgan fingerprint density at radius 3 is 2.27 bits per heavy atom. The summed E-state index contributed by atoms with van der Waals surface area (Å²) < 4.78 is 2.06. The predicted molar refractivity (Wildman–Crippen MR) is 86.5 cm³/mol. The molecule has 1 aromatic heterocycles. The van der Waals surface area contributed by atoms with Crippen molar-refractivity contribution in [3.8, 4) is 0 Å². The van der Waals surface area contributed by atoms with Gasteiger partial charge in [0.05, 0.1) is 5.56 Å². The zero-order chi connectivity index (χ0) is 15.3. The lowest BCUT2D eigenvalue weighted by Crippen LogP contribution is -2.10. The van der Waals surface area contributed by atoms with Gasteiger partial charge in [-0.3, -0.25) is 0 Å². The average Bonchev–Trinajstić information content (AvgIpc) is 3.06. The molecular formula is C19H17NO2. The van der Waals surface area contributed by atoms with Crippen LogP contribution in [-0.4, -0.2) is 15.6 Å². The van der Waals surface area contributed by atoms with Crippen LogP contribution in [-0.2, 0) is 19.9 Å². The summed E-state index contributed by atoms with van der Waals surface area (Å²) in [7, 11) is 1.98.